The molecule has 2 aromatic heterocycles. The van der Waals surface area contributed by atoms with Crippen LogP contribution in [-0.4, -0.2) is 76.7 Å². The summed E-state index contributed by atoms with van der Waals surface area (Å²) < 4.78 is 11.5. The smallest absolute Gasteiger partial charge is 0.410 e. The lowest BCUT2D eigenvalue weighted by molar-refractivity contribution is -0.177. The molecule has 2 N–H and O–H groups in total. The zero-order valence-corrected chi connectivity index (χ0v) is 32.6. The Morgan fingerprint density at radius 2 is 1.26 bits per heavy atom. The molecule has 3 aromatic rings. The number of aromatic amines is 2. The van der Waals surface area contributed by atoms with Gasteiger partial charge in [-0.2, -0.15) is 0 Å². The van der Waals surface area contributed by atoms with Gasteiger partial charge in [0, 0.05) is 54.1 Å². The number of ether oxygens (including phenoxy) is 2. The van der Waals surface area contributed by atoms with E-state index in [1.54, 1.807) is 11.1 Å². The molecule has 5 aliphatic heterocycles. The molecule has 11 nitrogen and oxygen atoms in total. The largest absolute Gasteiger partial charge is 0.444 e. The van der Waals surface area contributed by atoms with Crippen molar-refractivity contribution in [2.75, 3.05) is 13.1 Å². The van der Waals surface area contributed by atoms with Crippen molar-refractivity contribution < 1.29 is 19.1 Å². The van der Waals surface area contributed by atoms with Crippen molar-refractivity contribution in [3.05, 3.63) is 58.6 Å². The van der Waals surface area contributed by atoms with E-state index in [1.165, 1.54) is 29.7 Å². The molecule has 0 radical (unpaired) electrons. The van der Waals surface area contributed by atoms with Crippen LogP contribution in [0.2, 0.25) is 0 Å². The molecule has 284 valence electrons. The van der Waals surface area contributed by atoms with Crippen LogP contribution in [0.25, 0.3) is 11.3 Å². The van der Waals surface area contributed by atoms with Gasteiger partial charge in [-0.1, -0.05) is 12.1 Å². The quantitative estimate of drug-likeness (QED) is 0.269. The third kappa shape index (κ3) is 5.96. The van der Waals surface area contributed by atoms with E-state index < -0.39 is 11.2 Å². The zero-order chi connectivity index (χ0) is 37.0. The van der Waals surface area contributed by atoms with Crippen LogP contribution < -0.4 is 0 Å². The number of likely N-dealkylation sites (tertiary alicyclic amines) is 2. The van der Waals surface area contributed by atoms with E-state index in [0.29, 0.717) is 42.5 Å². The predicted molar refractivity (Wildman–Crippen MR) is 201 cm³/mol. The predicted octanol–water partition coefficient (Wildman–Crippen LogP) is 9.35. The summed E-state index contributed by atoms with van der Waals surface area (Å²) in [4.78, 5) is 49.6. The van der Waals surface area contributed by atoms with Crippen LogP contribution in [0.1, 0.15) is 183 Å². The third-order valence-corrected chi connectivity index (χ3v) is 13.0. The molecule has 6 aliphatic rings. The van der Waals surface area contributed by atoms with Gasteiger partial charge in [-0.15, -0.1) is 0 Å². The summed E-state index contributed by atoms with van der Waals surface area (Å²) in [6.45, 7) is 15.3. The van der Waals surface area contributed by atoms with Crippen LogP contribution in [0.15, 0.2) is 24.5 Å². The number of hydrogen-bond donors (Lipinski definition) is 2. The fourth-order valence-corrected chi connectivity index (χ4v) is 10.8. The maximum atomic E-state index is 13.1. The van der Waals surface area contributed by atoms with Gasteiger partial charge in [0.2, 0.25) is 0 Å². The van der Waals surface area contributed by atoms with Crippen molar-refractivity contribution in [1.29, 1.82) is 0 Å². The Bertz CT molecular complexity index is 1910. The monoisotopic (exact) mass is 723 g/mol. The second-order valence-electron chi connectivity index (χ2n) is 19.0. The van der Waals surface area contributed by atoms with Crippen molar-refractivity contribution in [1.82, 2.24) is 34.6 Å². The molecule has 1 aromatic carbocycles. The fourth-order valence-electron chi connectivity index (χ4n) is 10.8. The summed E-state index contributed by atoms with van der Waals surface area (Å²) in [6, 6.07) is 5.62. The lowest BCUT2D eigenvalue weighted by Gasteiger charge is -2.65. The first-order chi connectivity index (χ1) is 25.2. The number of carbonyl (C=O) groups excluding carboxylic acids is 2. The maximum Gasteiger partial charge on any atom is 0.410 e. The standard InChI is InChI=1S/C42H57N7O4/c1-40(2,3)52-38(50)47-18-8-10-30(47)36-43-22-28(45-36)25-14-12-24(13-15-25)26-16-17-27(35-33-21-42(7)20-32(34(26)35)49(33)42)29-23-44-37(46-29)31-11-9-19-48(31)39(51)53-41(4,5)6/h16-17,22-25,30-33H,8-15,18-21H2,1-7H3,(H,43,45)(H,44,46)/t24?,25?,30-,31-,32?,33?,42?/m0/s1. The summed E-state index contributed by atoms with van der Waals surface area (Å²) in [5.74, 6) is 2.73. The van der Waals surface area contributed by atoms with Crippen molar-refractivity contribution >= 4 is 12.2 Å². The van der Waals surface area contributed by atoms with E-state index in [-0.39, 0.29) is 24.3 Å². The first-order valence-electron chi connectivity index (χ1n) is 20.2. The van der Waals surface area contributed by atoms with Crippen molar-refractivity contribution in [2.45, 2.75) is 165 Å². The van der Waals surface area contributed by atoms with E-state index >= 15 is 0 Å². The molecule has 4 saturated heterocycles. The second kappa shape index (κ2) is 12.3. The number of H-pyrrole nitrogens is 2. The number of imidazole rings is 2. The first kappa shape index (κ1) is 34.9. The normalized spacial score (nSPS) is 30.8. The number of aromatic nitrogens is 4. The van der Waals surface area contributed by atoms with Gasteiger partial charge in [-0.25, -0.2) is 19.6 Å². The number of piperidine rings is 1. The highest BCUT2D eigenvalue weighted by atomic mass is 16.6. The molecule has 0 bridgehead atoms. The van der Waals surface area contributed by atoms with Gasteiger partial charge in [-0.3, -0.25) is 14.7 Å². The van der Waals surface area contributed by atoms with Crippen LogP contribution in [0.4, 0.5) is 9.59 Å². The molecule has 0 spiro atoms. The molecule has 1 saturated carbocycles. The van der Waals surface area contributed by atoms with E-state index in [4.69, 9.17) is 19.4 Å². The topological polar surface area (TPSA) is 120 Å². The van der Waals surface area contributed by atoms with E-state index in [1.807, 2.05) is 63.7 Å². The Balaban J connectivity index is 0.925. The van der Waals surface area contributed by atoms with Gasteiger partial charge in [0.1, 0.15) is 22.9 Å². The van der Waals surface area contributed by atoms with Gasteiger partial charge in [-0.05, 0) is 135 Å². The van der Waals surface area contributed by atoms with Gasteiger partial charge in [0.05, 0.1) is 24.0 Å². The molecule has 9 rings (SSSR count). The van der Waals surface area contributed by atoms with Crippen LogP contribution in [0.3, 0.4) is 0 Å². The zero-order valence-electron chi connectivity index (χ0n) is 32.6. The minimum atomic E-state index is -0.531. The highest BCUT2D eigenvalue weighted by Gasteiger charge is 2.66. The Hall–Kier alpha value is -3.86. The van der Waals surface area contributed by atoms with Crippen molar-refractivity contribution in [3.8, 4) is 11.3 Å². The summed E-state index contributed by atoms with van der Waals surface area (Å²) in [7, 11) is 0. The van der Waals surface area contributed by atoms with Gasteiger partial charge in [0.15, 0.2) is 0 Å². The second-order valence-corrected chi connectivity index (χ2v) is 19.0. The fraction of sp³-hybridized carbons (Fsp3) is 0.667. The average Bonchev–Trinajstić information content (AvgIpc) is 3.92. The summed E-state index contributed by atoms with van der Waals surface area (Å²) in [5, 5.41) is 0. The Kier molecular flexibility index (Phi) is 8.12. The van der Waals surface area contributed by atoms with E-state index in [9.17, 15) is 9.59 Å². The average molecular weight is 724 g/mol. The molecule has 11 heteroatoms. The molecular formula is C42H57N7O4. The van der Waals surface area contributed by atoms with E-state index in [0.717, 1.165) is 68.7 Å². The van der Waals surface area contributed by atoms with E-state index in [2.05, 4.69) is 33.9 Å². The van der Waals surface area contributed by atoms with Crippen LogP contribution in [0.5, 0.6) is 0 Å². The SMILES string of the molecule is CC(C)(C)OC(=O)N1CCC[C@H]1c1ncc(-c2ccc(C3CCC(c4cnc([C@@H]5CCCN5C(=O)OC(C)(C)C)[nH]4)CC3)c3c2C2CC4(C)CC3N24)[nH]1. The number of rotatable bonds is 5. The molecule has 5 fully saturated rings. The number of carbonyl (C=O) groups is 2. The molecule has 1 aliphatic carbocycles. The molecule has 2 amide bonds. The number of nitrogens with one attached hydrogen (secondary N) is 2. The highest BCUT2D eigenvalue weighted by Crippen LogP contribution is 2.71. The number of amides is 2. The minimum absolute atomic E-state index is 0.0531. The third-order valence-electron chi connectivity index (χ3n) is 13.0. The lowest BCUT2D eigenvalue weighted by atomic mass is 9.68. The summed E-state index contributed by atoms with van der Waals surface area (Å²) >= 11 is 0. The number of hydrogen-bond acceptors (Lipinski definition) is 7. The van der Waals surface area contributed by atoms with Gasteiger partial charge < -0.3 is 19.4 Å². The summed E-state index contributed by atoms with van der Waals surface area (Å²) in [6.07, 6.45) is 14.2. The van der Waals surface area contributed by atoms with Gasteiger partial charge >= 0.3 is 12.2 Å². The molecule has 3 unspecified atom stereocenters. The minimum Gasteiger partial charge on any atom is -0.444 e. The van der Waals surface area contributed by atoms with Crippen LogP contribution >= 0.6 is 0 Å². The Labute approximate surface area is 313 Å². The molecule has 7 heterocycles. The van der Waals surface area contributed by atoms with Crippen LogP contribution in [-0.2, 0) is 9.47 Å². The Morgan fingerprint density at radius 1 is 0.717 bits per heavy atom. The molecular weight excluding hydrogens is 667 g/mol. The lowest BCUT2D eigenvalue weighted by Crippen LogP contribution is -2.66. The van der Waals surface area contributed by atoms with Crippen LogP contribution in [0, 0.1) is 0 Å². The Morgan fingerprint density at radius 3 is 1.85 bits per heavy atom. The number of nitrogens with zero attached hydrogens (tertiary/aromatic N) is 5. The van der Waals surface area contributed by atoms with Gasteiger partial charge in [0.25, 0.3) is 0 Å². The molecule has 5 atom stereocenters. The first-order valence-corrected chi connectivity index (χ1v) is 20.2. The van der Waals surface area contributed by atoms with Crippen molar-refractivity contribution in [2.24, 2.45) is 0 Å². The molecule has 53 heavy (non-hydrogen) atoms. The number of fused-ring (bicyclic) bond motifs is 3. The highest BCUT2D eigenvalue weighted by molar-refractivity contribution is 5.72. The maximum absolute atomic E-state index is 13.1. The number of benzene rings is 1. The van der Waals surface area contributed by atoms with Crippen molar-refractivity contribution in [3.63, 3.8) is 0 Å². The summed E-state index contributed by atoms with van der Waals surface area (Å²) in [5.41, 5.74) is 7.47.